The Morgan fingerprint density at radius 1 is 1.35 bits per heavy atom. The van der Waals surface area contributed by atoms with Gasteiger partial charge in [0, 0.05) is 30.8 Å². The lowest BCUT2D eigenvalue weighted by Crippen LogP contribution is -2.45. The zero-order valence-electron chi connectivity index (χ0n) is 15.4. The van der Waals surface area contributed by atoms with Crippen LogP contribution in [0.3, 0.4) is 0 Å². The number of nitrogens with one attached hydrogen (secondary N) is 2. The molecule has 0 unspecified atom stereocenters. The molecule has 0 aliphatic heterocycles. The number of aliphatic imine (C=N–C) groups is 1. The van der Waals surface area contributed by atoms with E-state index in [1.165, 1.54) is 0 Å². The standard InChI is InChI=1S/C17H24ClN5O2.HI/c1-5-19-16(21-11-17(2,3)24-4)20-10-14-22-15(23-25-14)12-7-6-8-13(18)9-12;/h6-9H,5,10-11H2,1-4H3,(H2,19,20,21);1H. The zero-order valence-corrected chi connectivity index (χ0v) is 18.5. The topological polar surface area (TPSA) is 84.6 Å². The normalized spacial score (nSPS) is 11.8. The molecule has 9 heteroatoms. The summed E-state index contributed by atoms with van der Waals surface area (Å²) in [5.41, 5.74) is 0.513. The Morgan fingerprint density at radius 2 is 2.12 bits per heavy atom. The first-order valence-corrected chi connectivity index (χ1v) is 8.47. The van der Waals surface area contributed by atoms with Crippen molar-refractivity contribution in [3.05, 3.63) is 35.2 Å². The van der Waals surface area contributed by atoms with Crippen LogP contribution in [0.2, 0.25) is 5.02 Å². The summed E-state index contributed by atoms with van der Waals surface area (Å²) in [7, 11) is 1.68. The molecule has 0 bridgehead atoms. The van der Waals surface area contributed by atoms with Gasteiger partial charge in [-0.3, -0.25) is 0 Å². The van der Waals surface area contributed by atoms with Crippen LogP contribution in [0.15, 0.2) is 33.8 Å². The minimum Gasteiger partial charge on any atom is -0.377 e. The second-order valence-corrected chi connectivity index (χ2v) is 6.47. The van der Waals surface area contributed by atoms with Crippen molar-refractivity contribution in [3.8, 4) is 11.4 Å². The summed E-state index contributed by atoms with van der Waals surface area (Å²) < 4.78 is 10.7. The Kier molecular flexibility index (Phi) is 9.31. The van der Waals surface area contributed by atoms with Crippen molar-refractivity contribution in [1.29, 1.82) is 0 Å². The highest BCUT2D eigenvalue weighted by Gasteiger charge is 2.16. The predicted molar refractivity (Wildman–Crippen MR) is 114 cm³/mol. The van der Waals surface area contributed by atoms with Crippen molar-refractivity contribution in [2.45, 2.75) is 32.9 Å². The molecule has 0 atom stereocenters. The van der Waals surface area contributed by atoms with Crippen molar-refractivity contribution in [1.82, 2.24) is 20.8 Å². The van der Waals surface area contributed by atoms with Gasteiger partial charge >= 0.3 is 0 Å². The molecule has 7 nitrogen and oxygen atoms in total. The van der Waals surface area contributed by atoms with E-state index in [0.29, 0.717) is 29.2 Å². The van der Waals surface area contributed by atoms with E-state index in [9.17, 15) is 0 Å². The van der Waals surface area contributed by atoms with E-state index in [-0.39, 0.29) is 36.1 Å². The fourth-order valence-corrected chi connectivity index (χ4v) is 2.11. The molecule has 0 fully saturated rings. The Balaban J connectivity index is 0.00000338. The van der Waals surface area contributed by atoms with Crippen molar-refractivity contribution in [3.63, 3.8) is 0 Å². The fraction of sp³-hybridized carbons (Fsp3) is 0.471. The number of rotatable bonds is 7. The van der Waals surface area contributed by atoms with E-state index in [2.05, 4.69) is 25.8 Å². The van der Waals surface area contributed by atoms with Gasteiger partial charge in [-0.1, -0.05) is 28.9 Å². The van der Waals surface area contributed by atoms with Gasteiger partial charge in [-0.05, 0) is 32.9 Å². The van der Waals surface area contributed by atoms with E-state index in [4.69, 9.17) is 20.9 Å². The van der Waals surface area contributed by atoms with E-state index < -0.39 is 0 Å². The number of nitrogens with zero attached hydrogens (tertiary/aromatic N) is 3. The van der Waals surface area contributed by atoms with Crippen molar-refractivity contribution >= 4 is 41.5 Å². The van der Waals surface area contributed by atoms with Crippen molar-refractivity contribution in [2.75, 3.05) is 20.2 Å². The van der Waals surface area contributed by atoms with E-state index >= 15 is 0 Å². The minimum atomic E-state index is -0.291. The lowest BCUT2D eigenvalue weighted by Gasteiger charge is -2.24. The van der Waals surface area contributed by atoms with Gasteiger partial charge in [0.1, 0.15) is 6.54 Å². The summed E-state index contributed by atoms with van der Waals surface area (Å²) in [6.07, 6.45) is 0. The molecule has 0 amide bonds. The van der Waals surface area contributed by atoms with Crippen LogP contribution in [0, 0.1) is 0 Å². The number of hydrogen-bond acceptors (Lipinski definition) is 5. The fourth-order valence-electron chi connectivity index (χ4n) is 1.92. The summed E-state index contributed by atoms with van der Waals surface area (Å²) in [4.78, 5) is 8.82. The molecule has 1 aromatic carbocycles. The molecular weight excluding hydrogens is 469 g/mol. The molecule has 144 valence electrons. The Morgan fingerprint density at radius 3 is 2.77 bits per heavy atom. The molecule has 0 radical (unpaired) electrons. The number of ether oxygens (including phenoxy) is 1. The Hall–Kier alpha value is -1.39. The van der Waals surface area contributed by atoms with Crippen LogP contribution >= 0.6 is 35.6 Å². The first-order chi connectivity index (χ1) is 11.9. The van der Waals surface area contributed by atoms with Crippen LogP contribution in [-0.2, 0) is 11.3 Å². The molecule has 0 aliphatic carbocycles. The molecule has 0 aliphatic rings. The second-order valence-electron chi connectivity index (χ2n) is 6.03. The SMILES string of the molecule is CCNC(=NCc1nc(-c2cccc(Cl)c2)no1)NCC(C)(C)OC.I. The maximum Gasteiger partial charge on any atom is 0.248 e. The molecule has 1 aromatic heterocycles. The van der Waals surface area contributed by atoms with Gasteiger partial charge in [-0.25, -0.2) is 4.99 Å². The number of guanidine groups is 1. The van der Waals surface area contributed by atoms with Gasteiger partial charge < -0.3 is 19.9 Å². The summed E-state index contributed by atoms with van der Waals surface area (Å²) in [5.74, 6) is 1.58. The average molecular weight is 494 g/mol. The predicted octanol–water partition coefficient (Wildman–Crippen LogP) is 3.49. The van der Waals surface area contributed by atoms with Crippen molar-refractivity contribution < 1.29 is 9.26 Å². The van der Waals surface area contributed by atoms with E-state index in [1.54, 1.807) is 19.2 Å². The number of methoxy groups -OCH3 is 1. The Bertz CT molecular complexity index is 721. The molecule has 0 spiro atoms. The van der Waals surface area contributed by atoms with Crippen LogP contribution in [0.5, 0.6) is 0 Å². The molecule has 0 saturated heterocycles. The largest absolute Gasteiger partial charge is 0.377 e. The lowest BCUT2D eigenvalue weighted by atomic mass is 10.1. The number of aromatic nitrogens is 2. The van der Waals surface area contributed by atoms with E-state index in [0.717, 1.165) is 12.1 Å². The number of halogens is 2. The Labute approximate surface area is 176 Å². The van der Waals surface area contributed by atoms with Crippen LogP contribution in [0.25, 0.3) is 11.4 Å². The third-order valence-corrected chi connectivity index (χ3v) is 3.74. The molecular formula is C17H25ClIN5O2. The molecule has 26 heavy (non-hydrogen) atoms. The first-order valence-electron chi connectivity index (χ1n) is 8.09. The van der Waals surface area contributed by atoms with Gasteiger partial charge in [-0.2, -0.15) is 4.98 Å². The second kappa shape index (κ2) is 10.7. The highest BCUT2D eigenvalue weighted by atomic mass is 127. The zero-order chi connectivity index (χ0) is 18.3. The summed E-state index contributed by atoms with van der Waals surface area (Å²) >= 11 is 5.99. The van der Waals surface area contributed by atoms with Gasteiger partial charge in [0.25, 0.3) is 0 Å². The van der Waals surface area contributed by atoms with Crippen molar-refractivity contribution in [2.24, 2.45) is 4.99 Å². The van der Waals surface area contributed by atoms with Gasteiger partial charge in [-0.15, -0.1) is 24.0 Å². The maximum absolute atomic E-state index is 5.99. The first kappa shape index (κ1) is 22.7. The quantitative estimate of drug-likeness (QED) is 0.349. The minimum absolute atomic E-state index is 0. The highest BCUT2D eigenvalue weighted by molar-refractivity contribution is 14.0. The summed E-state index contributed by atoms with van der Waals surface area (Å²) in [6.45, 7) is 7.64. The van der Waals surface area contributed by atoms with E-state index in [1.807, 2.05) is 32.9 Å². The van der Waals surface area contributed by atoms with Gasteiger partial charge in [0.05, 0.1) is 5.60 Å². The molecule has 2 aromatic rings. The molecule has 0 saturated carbocycles. The third-order valence-electron chi connectivity index (χ3n) is 3.50. The monoisotopic (exact) mass is 493 g/mol. The van der Waals surface area contributed by atoms with Gasteiger partial charge in [0.2, 0.25) is 11.7 Å². The van der Waals surface area contributed by atoms with Crippen LogP contribution in [-0.4, -0.2) is 41.9 Å². The maximum atomic E-state index is 5.99. The lowest BCUT2D eigenvalue weighted by molar-refractivity contribution is 0.0268. The summed E-state index contributed by atoms with van der Waals surface area (Å²) in [6, 6.07) is 7.31. The number of benzene rings is 1. The van der Waals surface area contributed by atoms with Gasteiger partial charge in [0.15, 0.2) is 5.96 Å². The summed E-state index contributed by atoms with van der Waals surface area (Å²) in [5, 5.41) is 11.0. The van der Waals surface area contributed by atoms with Crippen LogP contribution < -0.4 is 10.6 Å². The van der Waals surface area contributed by atoms with Crippen LogP contribution in [0.1, 0.15) is 26.7 Å². The smallest absolute Gasteiger partial charge is 0.248 e. The third kappa shape index (κ3) is 7.08. The molecule has 2 rings (SSSR count). The average Bonchev–Trinajstić information content (AvgIpc) is 3.06. The molecule has 1 heterocycles. The number of hydrogen-bond donors (Lipinski definition) is 2. The molecule has 2 N–H and O–H groups in total. The highest BCUT2D eigenvalue weighted by Crippen LogP contribution is 2.20. The van der Waals surface area contributed by atoms with Crippen LogP contribution in [0.4, 0.5) is 0 Å².